The maximum absolute atomic E-state index is 12.0. The van der Waals surface area contributed by atoms with E-state index in [0.29, 0.717) is 11.3 Å². The standard InChI is InChI=1S/C22H26O5/c1-14-12-15(2)22(17(4)23)16(3)20(14)13-27-21(24)10-11-26-19-8-6-18(25-5)7-9-19/h6-9,12H,10-11,13H2,1-5H3. The molecule has 0 unspecified atom stereocenters. The zero-order chi connectivity index (χ0) is 20.0. The summed E-state index contributed by atoms with van der Waals surface area (Å²) >= 11 is 0. The molecule has 2 aromatic rings. The predicted molar refractivity (Wildman–Crippen MR) is 104 cm³/mol. The van der Waals surface area contributed by atoms with Gasteiger partial charge in [-0.05, 0) is 74.2 Å². The first-order valence-electron chi connectivity index (χ1n) is 8.86. The molecule has 0 saturated heterocycles. The maximum atomic E-state index is 12.0. The molecule has 0 aliphatic rings. The smallest absolute Gasteiger partial charge is 0.309 e. The van der Waals surface area contributed by atoms with E-state index in [1.54, 1.807) is 38.3 Å². The number of Topliss-reactive ketones (excluding diaryl/α,β-unsaturated/α-hetero) is 1. The first-order valence-corrected chi connectivity index (χ1v) is 8.86. The van der Waals surface area contributed by atoms with Crippen LogP contribution in [-0.4, -0.2) is 25.5 Å². The molecule has 5 nitrogen and oxygen atoms in total. The molecule has 2 aromatic carbocycles. The highest BCUT2D eigenvalue weighted by Gasteiger charge is 2.15. The number of benzene rings is 2. The topological polar surface area (TPSA) is 61.8 Å². The minimum atomic E-state index is -0.340. The van der Waals surface area contributed by atoms with Gasteiger partial charge in [0.2, 0.25) is 0 Å². The van der Waals surface area contributed by atoms with Crippen LogP contribution in [-0.2, 0) is 16.1 Å². The van der Waals surface area contributed by atoms with Gasteiger partial charge in [0.1, 0.15) is 18.1 Å². The van der Waals surface area contributed by atoms with Gasteiger partial charge in [0.05, 0.1) is 20.1 Å². The van der Waals surface area contributed by atoms with Crippen molar-refractivity contribution in [3.8, 4) is 11.5 Å². The summed E-state index contributed by atoms with van der Waals surface area (Å²) in [5, 5.41) is 0. The quantitative estimate of drug-likeness (QED) is 0.511. The lowest BCUT2D eigenvalue weighted by atomic mass is 9.92. The van der Waals surface area contributed by atoms with Crippen LogP contribution in [0.3, 0.4) is 0 Å². The van der Waals surface area contributed by atoms with Crippen LogP contribution in [0, 0.1) is 20.8 Å². The van der Waals surface area contributed by atoms with Gasteiger partial charge in [0.25, 0.3) is 0 Å². The number of hydrogen-bond acceptors (Lipinski definition) is 5. The highest BCUT2D eigenvalue weighted by atomic mass is 16.5. The Morgan fingerprint density at radius 1 is 0.963 bits per heavy atom. The van der Waals surface area contributed by atoms with E-state index in [2.05, 4.69) is 0 Å². The molecule has 0 aromatic heterocycles. The van der Waals surface area contributed by atoms with E-state index in [-0.39, 0.29) is 31.4 Å². The molecule has 144 valence electrons. The summed E-state index contributed by atoms with van der Waals surface area (Å²) in [6.07, 6.45) is 0.148. The fourth-order valence-electron chi connectivity index (χ4n) is 3.14. The van der Waals surface area contributed by atoms with Crippen molar-refractivity contribution in [2.45, 2.75) is 40.7 Å². The fourth-order valence-corrected chi connectivity index (χ4v) is 3.14. The third-order valence-electron chi connectivity index (χ3n) is 4.49. The zero-order valence-corrected chi connectivity index (χ0v) is 16.5. The highest BCUT2D eigenvalue weighted by molar-refractivity contribution is 5.97. The van der Waals surface area contributed by atoms with Crippen LogP contribution in [0.15, 0.2) is 30.3 Å². The maximum Gasteiger partial charge on any atom is 0.309 e. The molecule has 0 N–H and O–H groups in total. The lowest BCUT2D eigenvalue weighted by Gasteiger charge is -2.16. The van der Waals surface area contributed by atoms with Gasteiger partial charge in [0, 0.05) is 5.56 Å². The highest BCUT2D eigenvalue weighted by Crippen LogP contribution is 2.24. The van der Waals surface area contributed by atoms with Gasteiger partial charge >= 0.3 is 5.97 Å². The Bertz CT molecular complexity index is 822. The van der Waals surface area contributed by atoms with Crippen LogP contribution in [0.25, 0.3) is 0 Å². The van der Waals surface area contributed by atoms with Crippen molar-refractivity contribution in [3.05, 3.63) is 58.1 Å². The van der Waals surface area contributed by atoms with E-state index in [1.165, 1.54) is 0 Å². The number of carbonyl (C=O) groups excluding carboxylic acids is 2. The molecule has 0 fully saturated rings. The Kier molecular flexibility index (Phi) is 6.99. The number of carbonyl (C=O) groups is 2. The molecule has 2 rings (SSSR count). The molecule has 0 bridgehead atoms. The summed E-state index contributed by atoms with van der Waals surface area (Å²) < 4.78 is 16.0. The molecule has 27 heavy (non-hydrogen) atoms. The van der Waals surface area contributed by atoms with Crippen molar-refractivity contribution >= 4 is 11.8 Å². The van der Waals surface area contributed by atoms with Crippen molar-refractivity contribution in [1.82, 2.24) is 0 Å². The van der Waals surface area contributed by atoms with E-state index in [0.717, 1.165) is 28.0 Å². The Labute approximate surface area is 160 Å². The second kappa shape index (κ2) is 9.21. The van der Waals surface area contributed by atoms with Crippen molar-refractivity contribution in [2.75, 3.05) is 13.7 Å². The molecule has 0 radical (unpaired) electrons. The van der Waals surface area contributed by atoms with Crippen LogP contribution in [0.5, 0.6) is 11.5 Å². The van der Waals surface area contributed by atoms with E-state index < -0.39 is 0 Å². The summed E-state index contributed by atoms with van der Waals surface area (Å²) in [4.78, 5) is 23.9. The summed E-state index contributed by atoms with van der Waals surface area (Å²) in [7, 11) is 1.60. The monoisotopic (exact) mass is 370 g/mol. The average Bonchev–Trinajstić information content (AvgIpc) is 2.61. The molecule has 0 spiro atoms. The summed E-state index contributed by atoms with van der Waals surface area (Å²) in [5.74, 6) is 1.09. The third-order valence-corrected chi connectivity index (χ3v) is 4.49. The van der Waals surface area contributed by atoms with Crippen LogP contribution in [0.1, 0.15) is 46.0 Å². The van der Waals surface area contributed by atoms with E-state index in [9.17, 15) is 9.59 Å². The fraction of sp³-hybridized carbons (Fsp3) is 0.364. The van der Waals surface area contributed by atoms with Crippen LogP contribution in [0.4, 0.5) is 0 Å². The lowest BCUT2D eigenvalue weighted by molar-refractivity contribution is -0.145. The first kappa shape index (κ1) is 20.5. The van der Waals surface area contributed by atoms with Gasteiger partial charge in [0.15, 0.2) is 5.78 Å². The molecule has 0 aliphatic carbocycles. The van der Waals surface area contributed by atoms with E-state index in [4.69, 9.17) is 14.2 Å². The summed E-state index contributed by atoms with van der Waals surface area (Å²) in [6.45, 7) is 7.71. The van der Waals surface area contributed by atoms with Crippen molar-refractivity contribution in [2.24, 2.45) is 0 Å². The van der Waals surface area contributed by atoms with Crippen molar-refractivity contribution < 1.29 is 23.8 Å². The van der Waals surface area contributed by atoms with Gasteiger partial charge in [-0.1, -0.05) is 6.07 Å². The Hall–Kier alpha value is -2.82. The van der Waals surface area contributed by atoms with Gasteiger partial charge in [-0.3, -0.25) is 9.59 Å². The van der Waals surface area contributed by atoms with Gasteiger partial charge < -0.3 is 14.2 Å². The number of hydrogen-bond donors (Lipinski definition) is 0. The Morgan fingerprint density at radius 2 is 1.59 bits per heavy atom. The van der Waals surface area contributed by atoms with Crippen molar-refractivity contribution in [1.29, 1.82) is 0 Å². The van der Waals surface area contributed by atoms with Gasteiger partial charge in [-0.2, -0.15) is 0 Å². The largest absolute Gasteiger partial charge is 0.497 e. The van der Waals surface area contributed by atoms with Gasteiger partial charge in [-0.25, -0.2) is 0 Å². The molecular weight excluding hydrogens is 344 g/mol. The number of aryl methyl sites for hydroxylation is 2. The molecular formula is C22H26O5. The number of rotatable bonds is 8. The normalized spacial score (nSPS) is 10.4. The van der Waals surface area contributed by atoms with Crippen molar-refractivity contribution in [3.63, 3.8) is 0 Å². The molecule has 0 atom stereocenters. The number of methoxy groups -OCH3 is 1. The SMILES string of the molecule is COc1ccc(OCCC(=O)OCc2c(C)cc(C)c(C(C)=O)c2C)cc1. The number of ketones is 1. The molecule has 5 heteroatoms. The molecule has 0 heterocycles. The van der Waals surface area contributed by atoms with E-state index in [1.807, 2.05) is 26.8 Å². The Balaban J connectivity index is 1.90. The average molecular weight is 370 g/mol. The first-order chi connectivity index (χ1) is 12.8. The second-order valence-electron chi connectivity index (χ2n) is 6.48. The second-order valence-corrected chi connectivity index (χ2v) is 6.48. The Morgan fingerprint density at radius 3 is 2.19 bits per heavy atom. The van der Waals surface area contributed by atoms with Crippen LogP contribution >= 0.6 is 0 Å². The zero-order valence-electron chi connectivity index (χ0n) is 16.5. The lowest BCUT2D eigenvalue weighted by Crippen LogP contribution is -2.12. The minimum absolute atomic E-state index is 0.0190. The summed E-state index contributed by atoms with van der Waals surface area (Å²) in [6, 6.07) is 9.12. The number of esters is 1. The molecule has 0 amide bonds. The number of ether oxygens (including phenoxy) is 3. The van der Waals surface area contributed by atoms with Crippen LogP contribution in [0.2, 0.25) is 0 Å². The minimum Gasteiger partial charge on any atom is -0.497 e. The van der Waals surface area contributed by atoms with Gasteiger partial charge in [-0.15, -0.1) is 0 Å². The van der Waals surface area contributed by atoms with Crippen LogP contribution < -0.4 is 9.47 Å². The molecule has 0 aliphatic heterocycles. The summed E-state index contributed by atoms with van der Waals surface area (Å²) in [5.41, 5.74) is 4.42. The molecule has 0 saturated carbocycles. The third kappa shape index (κ3) is 5.33. The predicted octanol–water partition coefficient (Wildman–Crippen LogP) is 4.34. The van der Waals surface area contributed by atoms with E-state index >= 15 is 0 Å².